The van der Waals surface area contributed by atoms with E-state index in [-0.39, 0.29) is 13.0 Å². The summed E-state index contributed by atoms with van der Waals surface area (Å²) in [4.78, 5) is 27.9. The molecule has 1 unspecified atom stereocenters. The second-order valence-electron chi connectivity index (χ2n) is 3.97. The number of hydrogen-bond donors (Lipinski definition) is 3. The summed E-state index contributed by atoms with van der Waals surface area (Å²) >= 11 is 1.02. The molecular weight excluding hydrogens is 260 g/mol. The SMILES string of the molecule is Cc1nsc(NC(=O)N2CC(O)C[C@H]2C(=O)O)n1. The Kier molecular flexibility index (Phi) is 3.43. The summed E-state index contributed by atoms with van der Waals surface area (Å²) in [6, 6.07) is -1.59. The van der Waals surface area contributed by atoms with Crippen molar-refractivity contribution in [3.63, 3.8) is 0 Å². The molecule has 1 aliphatic heterocycles. The van der Waals surface area contributed by atoms with Gasteiger partial charge in [0.1, 0.15) is 11.9 Å². The van der Waals surface area contributed by atoms with Crippen molar-refractivity contribution in [3.8, 4) is 0 Å². The Morgan fingerprint density at radius 3 is 2.83 bits per heavy atom. The number of aliphatic hydroxyl groups is 1. The monoisotopic (exact) mass is 272 g/mol. The zero-order valence-electron chi connectivity index (χ0n) is 9.53. The molecule has 0 radical (unpaired) electrons. The second-order valence-corrected chi connectivity index (χ2v) is 4.72. The number of carboxylic acid groups (broad SMARTS) is 1. The summed E-state index contributed by atoms with van der Waals surface area (Å²) in [5.74, 6) is -0.596. The molecule has 1 fully saturated rings. The average Bonchev–Trinajstić information content (AvgIpc) is 2.85. The molecule has 1 saturated heterocycles. The Morgan fingerprint density at radius 2 is 2.28 bits per heavy atom. The van der Waals surface area contributed by atoms with Crippen molar-refractivity contribution in [1.29, 1.82) is 0 Å². The van der Waals surface area contributed by atoms with Crippen molar-refractivity contribution in [1.82, 2.24) is 14.3 Å². The molecule has 1 aliphatic rings. The highest BCUT2D eigenvalue weighted by molar-refractivity contribution is 7.09. The minimum Gasteiger partial charge on any atom is -0.480 e. The quantitative estimate of drug-likeness (QED) is 0.692. The molecule has 3 N–H and O–H groups in total. The minimum absolute atomic E-state index is 0.000581. The van der Waals surface area contributed by atoms with Crippen LogP contribution in [0, 0.1) is 6.92 Å². The van der Waals surface area contributed by atoms with Gasteiger partial charge in [0.15, 0.2) is 0 Å². The van der Waals surface area contributed by atoms with Crippen molar-refractivity contribution in [2.45, 2.75) is 25.5 Å². The Balaban J connectivity index is 2.06. The number of likely N-dealkylation sites (tertiary alicyclic amines) is 1. The Hall–Kier alpha value is -1.74. The van der Waals surface area contributed by atoms with Crippen LogP contribution in [0.4, 0.5) is 9.93 Å². The molecular formula is C9H12N4O4S. The van der Waals surface area contributed by atoms with Crippen molar-refractivity contribution >= 4 is 28.7 Å². The van der Waals surface area contributed by atoms with Crippen LogP contribution in [-0.2, 0) is 4.79 Å². The van der Waals surface area contributed by atoms with Gasteiger partial charge in [-0.3, -0.25) is 5.32 Å². The van der Waals surface area contributed by atoms with Gasteiger partial charge in [-0.2, -0.15) is 4.37 Å². The number of carbonyl (C=O) groups excluding carboxylic acids is 1. The molecule has 2 atom stereocenters. The molecule has 2 heterocycles. The van der Waals surface area contributed by atoms with Gasteiger partial charge < -0.3 is 15.1 Å². The number of aliphatic hydroxyl groups excluding tert-OH is 1. The molecule has 1 aromatic rings. The summed E-state index contributed by atoms with van der Waals surface area (Å²) in [7, 11) is 0. The molecule has 0 saturated carbocycles. The number of aryl methyl sites for hydroxylation is 1. The van der Waals surface area contributed by atoms with Crippen molar-refractivity contribution in [2.75, 3.05) is 11.9 Å². The molecule has 98 valence electrons. The predicted octanol–water partition coefficient (Wildman–Crippen LogP) is -0.102. The molecule has 0 spiro atoms. The van der Waals surface area contributed by atoms with Gasteiger partial charge in [-0.05, 0) is 6.92 Å². The summed E-state index contributed by atoms with van der Waals surface area (Å²) < 4.78 is 3.90. The molecule has 0 bridgehead atoms. The molecule has 9 heteroatoms. The lowest BCUT2D eigenvalue weighted by Crippen LogP contribution is -2.43. The summed E-state index contributed by atoms with van der Waals surface area (Å²) in [6.45, 7) is 1.69. The van der Waals surface area contributed by atoms with Crippen LogP contribution in [-0.4, -0.2) is 55.2 Å². The lowest BCUT2D eigenvalue weighted by molar-refractivity contribution is -0.141. The average molecular weight is 272 g/mol. The van der Waals surface area contributed by atoms with E-state index in [1.54, 1.807) is 6.92 Å². The number of amides is 2. The van der Waals surface area contributed by atoms with Gasteiger partial charge in [0.2, 0.25) is 5.13 Å². The van der Waals surface area contributed by atoms with Gasteiger partial charge >= 0.3 is 12.0 Å². The normalized spacial score (nSPS) is 23.1. The number of aromatic nitrogens is 2. The summed E-state index contributed by atoms with van der Waals surface area (Å²) in [6.07, 6.45) is -0.772. The van der Waals surface area contributed by atoms with Gasteiger partial charge in [-0.1, -0.05) is 0 Å². The van der Waals surface area contributed by atoms with Crippen molar-refractivity contribution in [3.05, 3.63) is 5.82 Å². The lowest BCUT2D eigenvalue weighted by Gasteiger charge is -2.20. The van der Waals surface area contributed by atoms with Crippen LogP contribution in [0.1, 0.15) is 12.2 Å². The number of carbonyl (C=O) groups is 2. The van der Waals surface area contributed by atoms with Gasteiger partial charge in [0.05, 0.1) is 6.10 Å². The van der Waals surface area contributed by atoms with E-state index in [2.05, 4.69) is 14.7 Å². The van der Waals surface area contributed by atoms with Crippen molar-refractivity contribution in [2.24, 2.45) is 0 Å². The third-order valence-corrected chi connectivity index (χ3v) is 3.29. The smallest absolute Gasteiger partial charge is 0.326 e. The van der Waals surface area contributed by atoms with E-state index in [4.69, 9.17) is 5.11 Å². The van der Waals surface area contributed by atoms with Crippen LogP contribution < -0.4 is 5.32 Å². The Morgan fingerprint density at radius 1 is 1.56 bits per heavy atom. The number of urea groups is 1. The molecule has 2 amide bonds. The zero-order valence-corrected chi connectivity index (χ0v) is 10.3. The number of nitrogens with one attached hydrogen (secondary N) is 1. The van der Waals surface area contributed by atoms with E-state index < -0.39 is 24.1 Å². The van der Waals surface area contributed by atoms with Crippen LogP contribution in [0.2, 0.25) is 0 Å². The molecule has 8 nitrogen and oxygen atoms in total. The molecule has 0 aromatic carbocycles. The third kappa shape index (κ3) is 2.57. The molecule has 18 heavy (non-hydrogen) atoms. The van der Waals surface area contributed by atoms with Gasteiger partial charge in [-0.25, -0.2) is 14.6 Å². The number of anilines is 1. The maximum atomic E-state index is 11.9. The standard InChI is InChI=1S/C9H12N4O4S/c1-4-10-8(18-12-4)11-9(17)13-3-5(14)2-6(13)7(15)16/h5-6,14H,2-3H2,1H3,(H,15,16)(H,10,11,12,17)/t5?,6-/m0/s1. The number of nitrogens with zero attached hydrogens (tertiary/aromatic N) is 3. The van der Waals surface area contributed by atoms with Crippen LogP contribution in [0.5, 0.6) is 0 Å². The molecule has 2 rings (SSSR count). The predicted molar refractivity (Wildman–Crippen MR) is 62.4 cm³/mol. The summed E-state index contributed by atoms with van der Waals surface area (Å²) in [5, 5.41) is 21.2. The van der Waals surface area contributed by atoms with E-state index in [0.717, 1.165) is 16.4 Å². The highest BCUT2D eigenvalue weighted by atomic mass is 32.1. The van der Waals surface area contributed by atoms with E-state index in [9.17, 15) is 14.7 Å². The van der Waals surface area contributed by atoms with Crippen LogP contribution in [0.15, 0.2) is 0 Å². The van der Waals surface area contributed by atoms with E-state index >= 15 is 0 Å². The molecule has 1 aromatic heterocycles. The third-order valence-electron chi connectivity index (χ3n) is 2.57. The van der Waals surface area contributed by atoms with Crippen molar-refractivity contribution < 1.29 is 19.8 Å². The molecule has 0 aliphatic carbocycles. The lowest BCUT2D eigenvalue weighted by atomic mass is 10.2. The van der Waals surface area contributed by atoms with Crippen LogP contribution >= 0.6 is 11.5 Å². The van der Waals surface area contributed by atoms with Crippen LogP contribution in [0.25, 0.3) is 0 Å². The van der Waals surface area contributed by atoms with Gasteiger partial charge in [0, 0.05) is 24.5 Å². The Bertz CT molecular complexity index is 477. The highest BCUT2D eigenvalue weighted by Crippen LogP contribution is 2.20. The fourth-order valence-electron chi connectivity index (χ4n) is 1.78. The van der Waals surface area contributed by atoms with Gasteiger partial charge in [0.25, 0.3) is 0 Å². The topological polar surface area (TPSA) is 116 Å². The maximum absolute atomic E-state index is 11.9. The number of rotatable bonds is 2. The first-order chi connectivity index (χ1) is 8.47. The van der Waals surface area contributed by atoms with E-state index in [1.165, 1.54) is 0 Å². The van der Waals surface area contributed by atoms with E-state index in [1.807, 2.05) is 0 Å². The van der Waals surface area contributed by atoms with Crippen LogP contribution in [0.3, 0.4) is 0 Å². The first kappa shape index (κ1) is 12.7. The number of β-amino-alcohol motifs (C(OH)–C–C–N with tert-alkyl or cyclic N) is 1. The fourth-order valence-corrected chi connectivity index (χ4v) is 2.35. The van der Waals surface area contributed by atoms with E-state index in [0.29, 0.717) is 11.0 Å². The largest absolute Gasteiger partial charge is 0.480 e. The number of carboxylic acids is 1. The number of hydrogen-bond acceptors (Lipinski definition) is 6. The highest BCUT2D eigenvalue weighted by Gasteiger charge is 2.39. The second kappa shape index (κ2) is 4.86. The number of aliphatic carboxylic acids is 1. The first-order valence-electron chi connectivity index (χ1n) is 5.26. The maximum Gasteiger partial charge on any atom is 0.326 e. The fraction of sp³-hybridized carbons (Fsp3) is 0.556. The Labute approximate surface area is 106 Å². The zero-order chi connectivity index (χ0) is 13.3. The minimum atomic E-state index is -1.13. The summed E-state index contributed by atoms with van der Waals surface area (Å²) in [5.41, 5.74) is 0. The van der Waals surface area contributed by atoms with Gasteiger partial charge in [-0.15, -0.1) is 0 Å². The first-order valence-corrected chi connectivity index (χ1v) is 6.03.